The Morgan fingerprint density at radius 2 is 1.83 bits per heavy atom. The highest BCUT2D eigenvalue weighted by atomic mass is 35.5. The van der Waals surface area contributed by atoms with Crippen molar-refractivity contribution in [3.05, 3.63) is 33.2 Å². The number of aromatic nitrogens is 4. The monoisotopic (exact) mass is 450 g/mol. The van der Waals surface area contributed by atoms with E-state index >= 15 is 0 Å². The predicted octanol–water partition coefficient (Wildman–Crippen LogP) is 3.01. The molecule has 1 fully saturated rings. The van der Waals surface area contributed by atoms with Crippen molar-refractivity contribution >= 4 is 35.3 Å². The van der Waals surface area contributed by atoms with Gasteiger partial charge in [0, 0.05) is 26.2 Å². The summed E-state index contributed by atoms with van der Waals surface area (Å²) in [5, 5.41) is 11.5. The molecule has 0 saturated carbocycles. The van der Waals surface area contributed by atoms with Gasteiger partial charge in [0.1, 0.15) is 6.29 Å². The van der Waals surface area contributed by atoms with Crippen LogP contribution in [0.2, 0.25) is 10.2 Å². The van der Waals surface area contributed by atoms with Crippen molar-refractivity contribution in [3.63, 3.8) is 0 Å². The van der Waals surface area contributed by atoms with E-state index in [9.17, 15) is 18.0 Å². The number of carbonyl (C=O) groups is 1. The molecule has 2 aromatic rings. The summed E-state index contributed by atoms with van der Waals surface area (Å²) in [4.78, 5) is 15.6. The number of piperazine rings is 1. The largest absolute Gasteiger partial charge is 0.436 e. The van der Waals surface area contributed by atoms with Gasteiger partial charge in [0.05, 0.1) is 23.3 Å². The van der Waals surface area contributed by atoms with Crippen LogP contribution in [0.5, 0.6) is 0 Å². The van der Waals surface area contributed by atoms with Gasteiger partial charge in [-0.05, 0) is 25.5 Å². The van der Waals surface area contributed by atoms with Crippen LogP contribution in [0.25, 0.3) is 0 Å². The van der Waals surface area contributed by atoms with E-state index in [-0.39, 0.29) is 12.2 Å². The standard InChI is InChI=1S/C17H19Cl2F3N6O/c1-10-7-13(23-24-16(10)19)27-5-3-26(4-6-27)12(9-29)8-28-11(2)14(18)15(25-28)17(20,21)22/h7,9,12H,3-6,8H2,1-2H3. The third-order valence-electron chi connectivity index (χ3n) is 4.94. The molecule has 0 aliphatic carbocycles. The number of nitrogens with zero attached hydrogens (tertiary/aromatic N) is 6. The van der Waals surface area contributed by atoms with Crippen LogP contribution < -0.4 is 4.90 Å². The fourth-order valence-corrected chi connectivity index (χ4v) is 3.53. The molecule has 0 spiro atoms. The molecule has 12 heteroatoms. The van der Waals surface area contributed by atoms with Crippen LogP contribution in [-0.4, -0.2) is 63.4 Å². The lowest BCUT2D eigenvalue weighted by Crippen LogP contribution is -2.52. The second kappa shape index (κ2) is 8.45. The Hall–Kier alpha value is -1.91. The van der Waals surface area contributed by atoms with Crippen molar-refractivity contribution in [2.45, 2.75) is 32.6 Å². The van der Waals surface area contributed by atoms with Gasteiger partial charge in [0.25, 0.3) is 0 Å². The minimum Gasteiger partial charge on any atom is -0.353 e. The number of alkyl halides is 3. The number of anilines is 1. The van der Waals surface area contributed by atoms with Gasteiger partial charge in [-0.15, -0.1) is 10.2 Å². The van der Waals surface area contributed by atoms with Crippen LogP contribution in [0.1, 0.15) is 17.0 Å². The molecular formula is C17H19Cl2F3N6O. The summed E-state index contributed by atoms with van der Waals surface area (Å²) in [5.74, 6) is 0.693. The van der Waals surface area contributed by atoms with Crippen molar-refractivity contribution in [1.29, 1.82) is 0 Å². The summed E-state index contributed by atoms with van der Waals surface area (Å²) in [6, 6.07) is 1.22. The van der Waals surface area contributed by atoms with E-state index < -0.39 is 22.9 Å². The molecule has 1 atom stereocenters. The lowest BCUT2D eigenvalue weighted by atomic mass is 10.2. The molecule has 1 saturated heterocycles. The second-order valence-corrected chi connectivity index (χ2v) is 7.57. The predicted molar refractivity (Wildman–Crippen MR) is 102 cm³/mol. The Labute approximate surface area is 175 Å². The highest BCUT2D eigenvalue weighted by Gasteiger charge is 2.38. The maximum atomic E-state index is 13.0. The molecule has 0 N–H and O–H groups in total. The molecule has 0 aromatic carbocycles. The summed E-state index contributed by atoms with van der Waals surface area (Å²) in [6.45, 7) is 5.53. The zero-order valence-corrected chi connectivity index (χ0v) is 17.3. The first-order chi connectivity index (χ1) is 13.6. The summed E-state index contributed by atoms with van der Waals surface area (Å²) in [5.41, 5.74) is -0.143. The molecular weight excluding hydrogens is 432 g/mol. The highest BCUT2D eigenvalue weighted by molar-refractivity contribution is 6.32. The Bertz CT molecular complexity index is 896. The third-order valence-corrected chi connectivity index (χ3v) is 5.76. The van der Waals surface area contributed by atoms with Crippen molar-refractivity contribution in [2.75, 3.05) is 31.1 Å². The molecule has 1 unspecified atom stereocenters. The van der Waals surface area contributed by atoms with E-state index in [2.05, 4.69) is 15.3 Å². The molecule has 2 aromatic heterocycles. The van der Waals surface area contributed by atoms with Crippen LogP contribution in [0.15, 0.2) is 6.07 Å². The fraction of sp³-hybridized carbons (Fsp3) is 0.529. The Kier molecular flexibility index (Phi) is 6.35. The first kappa shape index (κ1) is 21.8. The number of rotatable bonds is 5. The van der Waals surface area contributed by atoms with E-state index in [0.29, 0.717) is 37.1 Å². The van der Waals surface area contributed by atoms with Crippen LogP contribution in [-0.2, 0) is 17.5 Å². The summed E-state index contributed by atoms with van der Waals surface area (Å²) < 4.78 is 40.2. The maximum Gasteiger partial charge on any atom is 0.436 e. The highest BCUT2D eigenvalue weighted by Crippen LogP contribution is 2.35. The molecule has 29 heavy (non-hydrogen) atoms. The fourth-order valence-electron chi connectivity index (χ4n) is 3.20. The van der Waals surface area contributed by atoms with Crippen LogP contribution in [0.4, 0.5) is 19.0 Å². The SMILES string of the molecule is Cc1cc(N2CCN(C(C=O)Cn3nc(C(F)(F)F)c(Cl)c3C)CC2)nnc1Cl. The van der Waals surface area contributed by atoms with Crippen LogP contribution in [0.3, 0.4) is 0 Å². The molecule has 3 rings (SSSR count). The summed E-state index contributed by atoms with van der Waals surface area (Å²) >= 11 is 11.7. The third kappa shape index (κ3) is 4.65. The van der Waals surface area contributed by atoms with E-state index in [1.165, 1.54) is 6.92 Å². The molecule has 1 aliphatic heterocycles. The van der Waals surface area contributed by atoms with Crippen molar-refractivity contribution in [1.82, 2.24) is 24.9 Å². The normalized spacial score (nSPS) is 16.9. The number of carbonyl (C=O) groups excluding carboxylic acids is 1. The first-order valence-electron chi connectivity index (χ1n) is 8.86. The van der Waals surface area contributed by atoms with Crippen LogP contribution >= 0.6 is 23.2 Å². The van der Waals surface area contributed by atoms with Gasteiger partial charge in [0.2, 0.25) is 0 Å². The average molecular weight is 451 g/mol. The zero-order chi connectivity index (χ0) is 21.3. The molecule has 0 radical (unpaired) electrons. The van der Waals surface area contributed by atoms with Gasteiger partial charge in [-0.3, -0.25) is 9.58 Å². The van der Waals surface area contributed by atoms with Crippen molar-refractivity contribution in [2.24, 2.45) is 0 Å². The number of aryl methyl sites for hydroxylation is 1. The van der Waals surface area contributed by atoms with E-state index in [1.807, 2.05) is 22.8 Å². The molecule has 158 valence electrons. The smallest absolute Gasteiger partial charge is 0.353 e. The Morgan fingerprint density at radius 3 is 2.34 bits per heavy atom. The minimum atomic E-state index is -4.65. The van der Waals surface area contributed by atoms with Gasteiger partial charge in [-0.2, -0.15) is 18.3 Å². The van der Waals surface area contributed by atoms with Gasteiger partial charge in [0.15, 0.2) is 16.7 Å². The van der Waals surface area contributed by atoms with Gasteiger partial charge < -0.3 is 9.69 Å². The minimum absolute atomic E-state index is 0.00894. The molecule has 0 bridgehead atoms. The lowest BCUT2D eigenvalue weighted by Gasteiger charge is -2.37. The second-order valence-electron chi connectivity index (χ2n) is 6.83. The topological polar surface area (TPSA) is 67.2 Å². The number of hydrogen-bond acceptors (Lipinski definition) is 6. The van der Waals surface area contributed by atoms with Gasteiger partial charge in [-0.25, -0.2) is 0 Å². The summed E-state index contributed by atoms with van der Waals surface area (Å²) in [7, 11) is 0. The molecule has 1 aliphatic rings. The first-order valence-corrected chi connectivity index (χ1v) is 9.61. The van der Waals surface area contributed by atoms with Gasteiger partial charge >= 0.3 is 6.18 Å². The lowest BCUT2D eigenvalue weighted by molar-refractivity contribution is -0.141. The van der Waals surface area contributed by atoms with E-state index in [4.69, 9.17) is 23.2 Å². The number of aldehydes is 1. The van der Waals surface area contributed by atoms with E-state index in [0.717, 1.165) is 16.5 Å². The average Bonchev–Trinajstić information content (AvgIpc) is 2.97. The van der Waals surface area contributed by atoms with E-state index in [1.54, 1.807) is 0 Å². The zero-order valence-electron chi connectivity index (χ0n) is 15.7. The Morgan fingerprint density at radius 1 is 1.17 bits per heavy atom. The van der Waals surface area contributed by atoms with Gasteiger partial charge in [-0.1, -0.05) is 23.2 Å². The Balaban J connectivity index is 1.68. The van der Waals surface area contributed by atoms with Crippen molar-refractivity contribution in [3.8, 4) is 0 Å². The van der Waals surface area contributed by atoms with Crippen LogP contribution in [0, 0.1) is 13.8 Å². The summed E-state index contributed by atoms with van der Waals surface area (Å²) in [6.07, 6.45) is -3.92. The molecule has 3 heterocycles. The number of halogens is 5. The molecule has 0 amide bonds. The molecule has 7 nitrogen and oxygen atoms in total. The quantitative estimate of drug-likeness (QED) is 0.652. The number of hydrogen-bond donors (Lipinski definition) is 0. The van der Waals surface area contributed by atoms with Crippen molar-refractivity contribution < 1.29 is 18.0 Å². The maximum absolute atomic E-state index is 13.0.